The minimum Gasteiger partial charge on any atom is -0.327 e. The smallest absolute Gasteiger partial charge is 0.0174 e. The minimum absolute atomic E-state index is 0.427. The lowest BCUT2D eigenvalue weighted by Gasteiger charge is -1.97. The van der Waals surface area contributed by atoms with E-state index in [4.69, 9.17) is 5.73 Å². The van der Waals surface area contributed by atoms with Crippen LogP contribution < -0.4 is 5.73 Å². The summed E-state index contributed by atoms with van der Waals surface area (Å²) in [6.07, 6.45) is 8.06. The van der Waals surface area contributed by atoms with Gasteiger partial charge in [-0.3, -0.25) is 0 Å². The van der Waals surface area contributed by atoms with Crippen LogP contribution in [0.3, 0.4) is 0 Å². The molecular weight excluding hydrogens is 134 g/mol. The number of nitrogens with two attached hydrogens (primary N) is 1. The summed E-state index contributed by atoms with van der Waals surface area (Å²) in [4.78, 5) is 0. The molecule has 62 valence electrons. The van der Waals surface area contributed by atoms with E-state index in [-0.39, 0.29) is 0 Å². The fraction of sp³-hybridized carbons (Fsp3) is 0.400. The van der Waals surface area contributed by atoms with E-state index in [1.165, 1.54) is 5.57 Å². The molecule has 11 heavy (non-hydrogen) atoms. The lowest BCUT2D eigenvalue weighted by Crippen LogP contribution is -2.00. The zero-order valence-corrected chi connectivity index (χ0v) is 7.38. The van der Waals surface area contributed by atoms with Crippen molar-refractivity contribution in [3.8, 4) is 0 Å². The summed E-state index contributed by atoms with van der Waals surface area (Å²) in [5.74, 6) is 0.427. The summed E-state index contributed by atoms with van der Waals surface area (Å²) in [5.41, 5.74) is 6.63. The molecular formula is C10H17N. The predicted octanol–water partition coefficient (Wildman–Crippen LogP) is 2.27. The van der Waals surface area contributed by atoms with Gasteiger partial charge in [-0.2, -0.15) is 0 Å². The fourth-order valence-electron chi connectivity index (χ4n) is 0.636. The Hall–Kier alpha value is -0.820. The van der Waals surface area contributed by atoms with Crippen LogP contribution in [0.25, 0.3) is 0 Å². The van der Waals surface area contributed by atoms with Gasteiger partial charge in [0.1, 0.15) is 0 Å². The molecule has 0 aromatic rings. The van der Waals surface area contributed by atoms with Crippen molar-refractivity contribution in [2.24, 2.45) is 11.7 Å². The van der Waals surface area contributed by atoms with Gasteiger partial charge in [0.15, 0.2) is 0 Å². The molecule has 1 nitrogen and oxygen atoms in total. The summed E-state index contributed by atoms with van der Waals surface area (Å²) < 4.78 is 0. The Morgan fingerprint density at radius 1 is 1.64 bits per heavy atom. The molecule has 0 aromatic carbocycles. The Morgan fingerprint density at radius 2 is 2.27 bits per heavy atom. The molecule has 0 amide bonds. The Labute approximate surface area is 69.3 Å². The molecule has 0 bridgehead atoms. The van der Waals surface area contributed by atoms with Gasteiger partial charge in [-0.1, -0.05) is 31.2 Å². The zero-order chi connectivity index (χ0) is 8.69. The van der Waals surface area contributed by atoms with Crippen molar-refractivity contribution in [1.82, 2.24) is 0 Å². The largest absolute Gasteiger partial charge is 0.327 e. The maximum absolute atomic E-state index is 5.47. The minimum atomic E-state index is 0.427. The highest BCUT2D eigenvalue weighted by molar-refractivity contribution is 5.20. The predicted molar refractivity (Wildman–Crippen MR) is 51.3 cm³/mol. The molecule has 2 N–H and O–H groups in total. The van der Waals surface area contributed by atoms with Crippen molar-refractivity contribution in [2.45, 2.75) is 13.8 Å². The standard InChI is InChI=1S/C10H17N/c1-4-9(3)6-7-10(5-2)8-11/h4-7,9H,1,8,11H2,2-3H3/b7-6-,10-5+. The summed E-state index contributed by atoms with van der Waals surface area (Å²) in [6, 6.07) is 0. The van der Waals surface area contributed by atoms with Gasteiger partial charge >= 0.3 is 0 Å². The van der Waals surface area contributed by atoms with Crippen molar-refractivity contribution in [3.63, 3.8) is 0 Å². The average molecular weight is 151 g/mol. The van der Waals surface area contributed by atoms with Gasteiger partial charge < -0.3 is 5.73 Å². The highest BCUT2D eigenvalue weighted by Gasteiger charge is 1.88. The van der Waals surface area contributed by atoms with Crippen molar-refractivity contribution in [1.29, 1.82) is 0 Å². The Bertz CT molecular complexity index is 166. The van der Waals surface area contributed by atoms with Crippen LogP contribution >= 0.6 is 0 Å². The average Bonchev–Trinajstić information content (AvgIpc) is 2.06. The maximum atomic E-state index is 5.47. The van der Waals surface area contributed by atoms with E-state index >= 15 is 0 Å². The van der Waals surface area contributed by atoms with Gasteiger partial charge in [-0.15, -0.1) is 6.58 Å². The van der Waals surface area contributed by atoms with Crippen LogP contribution in [-0.4, -0.2) is 6.54 Å². The van der Waals surface area contributed by atoms with Gasteiger partial charge in [0.05, 0.1) is 0 Å². The van der Waals surface area contributed by atoms with Crippen LogP contribution in [0, 0.1) is 5.92 Å². The van der Waals surface area contributed by atoms with E-state index in [1.54, 1.807) is 0 Å². The van der Waals surface area contributed by atoms with Gasteiger partial charge in [-0.25, -0.2) is 0 Å². The van der Waals surface area contributed by atoms with Gasteiger partial charge in [0, 0.05) is 6.54 Å². The van der Waals surface area contributed by atoms with E-state index in [2.05, 4.69) is 19.6 Å². The van der Waals surface area contributed by atoms with Crippen LogP contribution in [0.1, 0.15) is 13.8 Å². The molecule has 1 unspecified atom stereocenters. The summed E-state index contributed by atoms with van der Waals surface area (Å²) >= 11 is 0. The second-order valence-electron chi connectivity index (χ2n) is 2.52. The van der Waals surface area contributed by atoms with E-state index < -0.39 is 0 Å². The molecule has 0 rings (SSSR count). The Kier molecular flexibility index (Phi) is 5.49. The number of hydrogen-bond donors (Lipinski definition) is 1. The first kappa shape index (κ1) is 10.2. The quantitative estimate of drug-likeness (QED) is 0.484. The number of allylic oxidation sites excluding steroid dienone is 3. The molecule has 0 spiro atoms. The van der Waals surface area contributed by atoms with Gasteiger partial charge in [0.25, 0.3) is 0 Å². The lowest BCUT2D eigenvalue weighted by atomic mass is 10.1. The summed E-state index contributed by atoms with van der Waals surface area (Å²) in [7, 11) is 0. The normalized spacial score (nSPS) is 15.4. The Morgan fingerprint density at radius 3 is 2.64 bits per heavy atom. The van der Waals surface area contributed by atoms with Crippen LogP contribution in [0.4, 0.5) is 0 Å². The molecule has 0 saturated carbocycles. The number of hydrogen-bond acceptors (Lipinski definition) is 1. The lowest BCUT2D eigenvalue weighted by molar-refractivity contribution is 0.940. The van der Waals surface area contributed by atoms with Crippen LogP contribution in [-0.2, 0) is 0 Å². The first-order chi connectivity index (χ1) is 5.24. The second kappa shape index (κ2) is 5.93. The van der Waals surface area contributed by atoms with Crippen LogP contribution in [0.5, 0.6) is 0 Å². The molecule has 1 atom stereocenters. The Balaban J connectivity index is 3.99. The molecule has 0 aliphatic carbocycles. The first-order valence-corrected chi connectivity index (χ1v) is 3.90. The molecule has 0 aliphatic rings. The van der Waals surface area contributed by atoms with Crippen molar-refractivity contribution in [3.05, 3.63) is 36.5 Å². The molecule has 0 heterocycles. The van der Waals surface area contributed by atoms with Gasteiger partial charge in [-0.05, 0) is 18.4 Å². The molecule has 0 fully saturated rings. The third-order valence-corrected chi connectivity index (χ3v) is 1.59. The van der Waals surface area contributed by atoms with E-state index in [0.29, 0.717) is 12.5 Å². The maximum Gasteiger partial charge on any atom is 0.0174 e. The fourth-order valence-corrected chi connectivity index (χ4v) is 0.636. The zero-order valence-electron chi connectivity index (χ0n) is 7.38. The third-order valence-electron chi connectivity index (χ3n) is 1.59. The first-order valence-electron chi connectivity index (χ1n) is 3.90. The summed E-state index contributed by atoms with van der Waals surface area (Å²) in [6.45, 7) is 8.38. The SMILES string of the molecule is C=CC(C)/C=C\C(=C/C)CN. The van der Waals surface area contributed by atoms with Crippen LogP contribution in [0.2, 0.25) is 0 Å². The molecule has 0 aromatic heterocycles. The topological polar surface area (TPSA) is 26.0 Å². The molecule has 0 aliphatic heterocycles. The van der Waals surface area contributed by atoms with Crippen molar-refractivity contribution in [2.75, 3.05) is 6.54 Å². The van der Waals surface area contributed by atoms with Crippen LogP contribution in [0.15, 0.2) is 36.5 Å². The monoisotopic (exact) mass is 151 g/mol. The number of rotatable bonds is 4. The van der Waals surface area contributed by atoms with E-state index in [9.17, 15) is 0 Å². The van der Waals surface area contributed by atoms with Crippen molar-refractivity contribution < 1.29 is 0 Å². The molecule has 0 saturated heterocycles. The molecule has 1 heteroatoms. The third kappa shape index (κ3) is 4.57. The van der Waals surface area contributed by atoms with E-state index in [0.717, 1.165) is 0 Å². The highest BCUT2D eigenvalue weighted by atomic mass is 14.5. The summed E-state index contributed by atoms with van der Waals surface area (Å²) in [5, 5.41) is 0. The van der Waals surface area contributed by atoms with Crippen molar-refractivity contribution >= 4 is 0 Å². The van der Waals surface area contributed by atoms with E-state index in [1.807, 2.05) is 25.2 Å². The highest BCUT2D eigenvalue weighted by Crippen LogP contribution is 2.01. The van der Waals surface area contributed by atoms with Gasteiger partial charge in [0.2, 0.25) is 0 Å². The second-order valence-corrected chi connectivity index (χ2v) is 2.52. The molecule has 0 radical (unpaired) electrons.